The molecule has 0 aliphatic carbocycles. The summed E-state index contributed by atoms with van der Waals surface area (Å²) >= 11 is 0. The Bertz CT molecular complexity index is 99.1. The Kier molecular flexibility index (Phi) is 3.01. The second-order valence-electron chi connectivity index (χ2n) is 2.23. The van der Waals surface area contributed by atoms with Crippen molar-refractivity contribution in [3.05, 3.63) is 0 Å². The van der Waals surface area contributed by atoms with Crippen molar-refractivity contribution in [3.8, 4) is 0 Å². The molecule has 4 nitrogen and oxygen atoms in total. The number of nitrogens with zero attached hydrogens (tertiary/aromatic N) is 1. The summed E-state index contributed by atoms with van der Waals surface area (Å²) in [5.41, 5.74) is 7.70. The van der Waals surface area contributed by atoms with E-state index in [1.54, 1.807) is 5.01 Å². The number of hydrazine groups is 1. The monoisotopic (exact) mass is 130 g/mol. The molecule has 0 aromatic heterocycles. The molecule has 4 heteroatoms. The molecule has 0 aliphatic rings. The molecular weight excluding hydrogens is 116 g/mol. The first kappa shape index (κ1) is 8.23. The van der Waals surface area contributed by atoms with E-state index in [1.165, 1.54) is 0 Å². The van der Waals surface area contributed by atoms with E-state index in [9.17, 15) is 0 Å². The predicted octanol–water partition coefficient (Wildman–Crippen LogP) is -0.275. The van der Waals surface area contributed by atoms with Crippen LogP contribution < -0.4 is 11.2 Å². The van der Waals surface area contributed by atoms with Gasteiger partial charge in [0.2, 0.25) is 5.96 Å². The van der Waals surface area contributed by atoms with Gasteiger partial charge in [-0.3, -0.25) is 10.8 Å². The lowest BCUT2D eigenvalue weighted by atomic mass is 10.4. The normalized spacial score (nSPS) is 10.3. The molecular formula is C5H14N4. The third-order valence-corrected chi connectivity index (χ3v) is 1.07. The maximum absolute atomic E-state index is 6.84. The van der Waals surface area contributed by atoms with Crippen molar-refractivity contribution in [2.45, 2.75) is 19.9 Å². The van der Waals surface area contributed by atoms with Gasteiger partial charge in [-0.2, -0.15) is 0 Å². The lowest BCUT2D eigenvalue weighted by Gasteiger charge is -2.21. The second kappa shape index (κ2) is 3.29. The van der Waals surface area contributed by atoms with Gasteiger partial charge in [0.05, 0.1) is 0 Å². The maximum Gasteiger partial charge on any atom is 0.200 e. The Morgan fingerprint density at radius 3 is 2.22 bits per heavy atom. The van der Waals surface area contributed by atoms with Crippen molar-refractivity contribution in [2.75, 3.05) is 7.05 Å². The van der Waals surface area contributed by atoms with E-state index in [0.29, 0.717) is 6.04 Å². The fourth-order valence-electron chi connectivity index (χ4n) is 0.319. The summed E-state index contributed by atoms with van der Waals surface area (Å²) < 4.78 is 0. The van der Waals surface area contributed by atoms with Crippen LogP contribution in [0.1, 0.15) is 13.8 Å². The van der Waals surface area contributed by atoms with Gasteiger partial charge in [0.25, 0.3) is 0 Å². The van der Waals surface area contributed by atoms with E-state index in [1.807, 2.05) is 20.9 Å². The average Bonchev–Trinajstić information content (AvgIpc) is 1.63. The van der Waals surface area contributed by atoms with Crippen molar-refractivity contribution in [1.29, 1.82) is 5.41 Å². The Balaban J connectivity index is 3.50. The van der Waals surface area contributed by atoms with Gasteiger partial charge in [-0.15, -0.1) is 0 Å². The Morgan fingerprint density at radius 2 is 2.11 bits per heavy atom. The molecule has 4 N–H and O–H groups in total. The standard InChI is InChI=1S/C5H14N4/c1-4(2)9(3)8-5(6)7/h4H,1-3H3,(H4,6,7,8). The van der Waals surface area contributed by atoms with Crippen LogP contribution in [-0.2, 0) is 0 Å². The predicted molar refractivity (Wildman–Crippen MR) is 37.9 cm³/mol. The summed E-state index contributed by atoms with van der Waals surface area (Å²) in [6, 6.07) is 0.355. The topological polar surface area (TPSA) is 65.1 Å². The van der Waals surface area contributed by atoms with Gasteiger partial charge >= 0.3 is 0 Å². The SMILES string of the molecule is CC(C)N(C)NC(=N)N. The highest BCUT2D eigenvalue weighted by Gasteiger charge is 2.00. The smallest absolute Gasteiger partial charge is 0.200 e. The van der Waals surface area contributed by atoms with Crippen LogP contribution in [-0.4, -0.2) is 24.1 Å². The minimum absolute atomic E-state index is 0.0220. The Morgan fingerprint density at radius 1 is 1.67 bits per heavy atom. The highest BCUT2D eigenvalue weighted by molar-refractivity contribution is 5.73. The molecule has 0 fully saturated rings. The highest BCUT2D eigenvalue weighted by Crippen LogP contribution is 1.85. The Labute approximate surface area is 55.5 Å². The fraction of sp³-hybridized carbons (Fsp3) is 0.800. The van der Waals surface area contributed by atoms with Crippen molar-refractivity contribution in [3.63, 3.8) is 0 Å². The van der Waals surface area contributed by atoms with Crippen molar-refractivity contribution in [2.24, 2.45) is 5.73 Å². The molecule has 0 aliphatic heterocycles. The van der Waals surface area contributed by atoms with Crippen LogP contribution in [0.15, 0.2) is 0 Å². The number of rotatable bonds is 2. The largest absolute Gasteiger partial charge is 0.369 e. The van der Waals surface area contributed by atoms with Crippen LogP contribution >= 0.6 is 0 Å². The molecule has 54 valence electrons. The van der Waals surface area contributed by atoms with Crippen LogP contribution in [0.4, 0.5) is 0 Å². The van der Waals surface area contributed by atoms with Gasteiger partial charge in [0.1, 0.15) is 0 Å². The first-order chi connectivity index (χ1) is 4.04. The quantitative estimate of drug-likeness (QED) is 0.274. The number of nitrogens with two attached hydrogens (primary N) is 1. The van der Waals surface area contributed by atoms with E-state index >= 15 is 0 Å². The van der Waals surface area contributed by atoms with E-state index < -0.39 is 0 Å². The van der Waals surface area contributed by atoms with Crippen molar-refractivity contribution >= 4 is 5.96 Å². The van der Waals surface area contributed by atoms with Gasteiger partial charge in [-0.1, -0.05) is 0 Å². The molecule has 0 aromatic carbocycles. The maximum atomic E-state index is 6.84. The lowest BCUT2D eigenvalue weighted by molar-refractivity contribution is 0.233. The number of hydrogen-bond donors (Lipinski definition) is 3. The molecule has 0 unspecified atom stereocenters. The molecule has 0 aromatic rings. The molecule has 0 bridgehead atoms. The average molecular weight is 130 g/mol. The minimum Gasteiger partial charge on any atom is -0.369 e. The molecule has 0 radical (unpaired) electrons. The number of nitrogens with one attached hydrogen (secondary N) is 2. The van der Waals surface area contributed by atoms with Crippen molar-refractivity contribution in [1.82, 2.24) is 10.4 Å². The molecule has 0 saturated carbocycles. The van der Waals surface area contributed by atoms with Gasteiger partial charge in [-0.05, 0) is 13.8 Å². The van der Waals surface area contributed by atoms with Crippen LogP contribution in [0, 0.1) is 5.41 Å². The summed E-state index contributed by atoms with van der Waals surface area (Å²) in [7, 11) is 1.84. The van der Waals surface area contributed by atoms with Gasteiger partial charge in [0, 0.05) is 13.1 Å². The second-order valence-corrected chi connectivity index (χ2v) is 2.23. The molecule has 0 saturated heterocycles. The van der Waals surface area contributed by atoms with E-state index in [0.717, 1.165) is 0 Å². The van der Waals surface area contributed by atoms with Crippen molar-refractivity contribution < 1.29 is 0 Å². The zero-order valence-corrected chi connectivity index (χ0v) is 6.10. The van der Waals surface area contributed by atoms with Crippen LogP contribution in [0.5, 0.6) is 0 Å². The molecule has 9 heavy (non-hydrogen) atoms. The van der Waals surface area contributed by atoms with Crippen LogP contribution in [0.25, 0.3) is 0 Å². The minimum atomic E-state index is -0.0220. The summed E-state index contributed by atoms with van der Waals surface area (Å²) in [4.78, 5) is 0. The fourth-order valence-corrected chi connectivity index (χ4v) is 0.319. The van der Waals surface area contributed by atoms with Crippen LogP contribution in [0.2, 0.25) is 0 Å². The third-order valence-electron chi connectivity index (χ3n) is 1.07. The van der Waals surface area contributed by atoms with E-state index in [-0.39, 0.29) is 5.96 Å². The zero-order chi connectivity index (χ0) is 7.44. The van der Waals surface area contributed by atoms with E-state index in [2.05, 4.69) is 5.43 Å². The van der Waals surface area contributed by atoms with E-state index in [4.69, 9.17) is 11.1 Å². The first-order valence-corrected chi connectivity index (χ1v) is 2.87. The Hall–Kier alpha value is -0.770. The first-order valence-electron chi connectivity index (χ1n) is 2.87. The molecule has 0 amide bonds. The highest BCUT2D eigenvalue weighted by atomic mass is 15.5. The summed E-state index contributed by atoms with van der Waals surface area (Å²) in [5.74, 6) is -0.0220. The summed E-state index contributed by atoms with van der Waals surface area (Å²) in [6.45, 7) is 4.02. The van der Waals surface area contributed by atoms with Gasteiger partial charge in [-0.25, -0.2) is 5.01 Å². The lowest BCUT2D eigenvalue weighted by Crippen LogP contribution is -2.46. The van der Waals surface area contributed by atoms with Gasteiger partial charge in [0.15, 0.2) is 0 Å². The number of guanidine groups is 1. The number of hydrogen-bond acceptors (Lipinski definition) is 2. The summed E-state index contributed by atoms with van der Waals surface area (Å²) in [6.07, 6.45) is 0. The van der Waals surface area contributed by atoms with Gasteiger partial charge < -0.3 is 5.73 Å². The van der Waals surface area contributed by atoms with Crippen LogP contribution in [0.3, 0.4) is 0 Å². The molecule has 0 rings (SSSR count). The molecule has 0 spiro atoms. The zero-order valence-electron chi connectivity index (χ0n) is 6.10. The summed E-state index contributed by atoms with van der Waals surface area (Å²) in [5, 5.41) is 8.61. The molecule has 0 heterocycles. The third kappa shape index (κ3) is 3.78. The molecule has 0 atom stereocenters.